The monoisotopic (exact) mass is 266 g/mol. The molecular weight excluding hydrogens is 248 g/mol. The Morgan fingerprint density at radius 3 is 2.89 bits per heavy atom. The lowest BCUT2D eigenvalue weighted by atomic mass is 10.2. The summed E-state index contributed by atoms with van der Waals surface area (Å²) in [7, 11) is 0. The summed E-state index contributed by atoms with van der Waals surface area (Å²) in [6.45, 7) is 1.79. The molecule has 1 saturated carbocycles. The van der Waals surface area contributed by atoms with Gasteiger partial charge in [0.05, 0.1) is 0 Å². The molecule has 0 saturated heterocycles. The number of hydrogen-bond acceptors (Lipinski definition) is 3. The van der Waals surface area contributed by atoms with Crippen LogP contribution in [0.1, 0.15) is 35.3 Å². The van der Waals surface area contributed by atoms with Crippen molar-refractivity contribution in [2.45, 2.75) is 37.5 Å². The number of hydrogen-bond donors (Lipinski definition) is 2. The lowest BCUT2D eigenvalue weighted by Crippen LogP contribution is -2.35. The first-order valence-electron chi connectivity index (χ1n) is 6.13. The Hall–Kier alpha value is -1.23. The molecule has 0 spiro atoms. The normalized spacial score (nSPS) is 23.0. The second-order valence-electron chi connectivity index (χ2n) is 4.74. The van der Waals surface area contributed by atoms with E-state index in [0.717, 1.165) is 25.0 Å². The van der Waals surface area contributed by atoms with Crippen LogP contribution >= 0.6 is 11.8 Å². The topological polar surface area (TPSA) is 62.0 Å². The van der Waals surface area contributed by atoms with Crippen molar-refractivity contribution in [3.05, 3.63) is 33.7 Å². The number of H-pyrrole nitrogens is 1. The van der Waals surface area contributed by atoms with Gasteiger partial charge in [-0.25, -0.2) is 0 Å². The molecule has 2 rings (SSSR count). The lowest BCUT2D eigenvalue weighted by Gasteiger charge is -2.12. The molecule has 4 nitrogen and oxygen atoms in total. The smallest absolute Gasteiger partial charge is 0.256 e. The SMILES string of the molecule is CSC1CCC(NC(=O)c2c[nH]c(C)cc2=O)C1. The Morgan fingerprint density at radius 1 is 1.50 bits per heavy atom. The maximum absolute atomic E-state index is 12.0. The maximum Gasteiger partial charge on any atom is 0.256 e. The van der Waals surface area contributed by atoms with E-state index in [0.29, 0.717) is 5.25 Å². The summed E-state index contributed by atoms with van der Waals surface area (Å²) in [6.07, 6.45) is 6.72. The summed E-state index contributed by atoms with van der Waals surface area (Å²) < 4.78 is 0. The Balaban J connectivity index is 2.02. The number of nitrogens with one attached hydrogen (secondary N) is 2. The van der Waals surface area contributed by atoms with Crippen LogP contribution in [-0.4, -0.2) is 28.4 Å². The fourth-order valence-corrected chi connectivity index (χ4v) is 3.10. The van der Waals surface area contributed by atoms with Crippen LogP contribution in [-0.2, 0) is 0 Å². The Labute approximate surface area is 111 Å². The molecule has 1 aromatic heterocycles. The number of amides is 1. The largest absolute Gasteiger partial charge is 0.364 e. The fraction of sp³-hybridized carbons (Fsp3) is 0.538. The minimum Gasteiger partial charge on any atom is -0.364 e. The second-order valence-corrected chi connectivity index (χ2v) is 5.87. The van der Waals surface area contributed by atoms with Crippen LogP contribution in [0.5, 0.6) is 0 Å². The van der Waals surface area contributed by atoms with E-state index in [9.17, 15) is 9.59 Å². The molecule has 2 atom stereocenters. The predicted octanol–water partition coefficient (Wildman–Crippen LogP) is 1.70. The number of aryl methyl sites for hydroxylation is 1. The Kier molecular flexibility index (Phi) is 4.11. The van der Waals surface area contributed by atoms with E-state index >= 15 is 0 Å². The van der Waals surface area contributed by atoms with Gasteiger partial charge in [-0.1, -0.05) is 0 Å². The minimum absolute atomic E-state index is 0.202. The highest BCUT2D eigenvalue weighted by Gasteiger charge is 2.25. The molecular formula is C13H18N2O2S. The van der Waals surface area contributed by atoms with Gasteiger partial charge in [-0.3, -0.25) is 9.59 Å². The zero-order chi connectivity index (χ0) is 13.1. The number of rotatable bonds is 3. The third-order valence-corrected chi connectivity index (χ3v) is 4.45. The van der Waals surface area contributed by atoms with Crippen molar-refractivity contribution in [1.29, 1.82) is 0 Å². The van der Waals surface area contributed by atoms with Crippen molar-refractivity contribution in [3.8, 4) is 0 Å². The van der Waals surface area contributed by atoms with Crippen LogP contribution in [0.4, 0.5) is 0 Å². The molecule has 0 aromatic carbocycles. The molecule has 0 radical (unpaired) electrons. The number of carbonyl (C=O) groups is 1. The molecule has 1 heterocycles. The standard InChI is InChI=1S/C13H18N2O2S/c1-8-5-12(16)11(7-14-8)13(17)15-9-3-4-10(6-9)18-2/h5,7,9-10H,3-4,6H2,1-2H3,(H,14,16)(H,15,17). The minimum atomic E-state index is -0.261. The van der Waals surface area contributed by atoms with E-state index in [2.05, 4.69) is 16.6 Å². The molecule has 2 unspecified atom stereocenters. The van der Waals surface area contributed by atoms with Crippen molar-refractivity contribution < 1.29 is 4.79 Å². The third-order valence-electron chi connectivity index (χ3n) is 3.35. The molecule has 2 N–H and O–H groups in total. The molecule has 0 aliphatic heterocycles. The van der Waals surface area contributed by atoms with Gasteiger partial charge >= 0.3 is 0 Å². The number of pyridine rings is 1. The molecule has 18 heavy (non-hydrogen) atoms. The van der Waals surface area contributed by atoms with Crippen LogP contribution in [0, 0.1) is 6.92 Å². The quantitative estimate of drug-likeness (QED) is 0.875. The van der Waals surface area contributed by atoms with Crippen molar-refractivity contribution in [2.24, 2.45) is 0 Å². The van der Waals surface area contributed by atoms with Crippen LogP contribution in [0.3, 0.4) is 0 Å². The van der Waals surface area contributed by atoms with E-state index < -0.39 is 0 Å². The summed E-state index contributed by atoms with van der Waals surface area (Å²) in [6, 6.07) is 1.66. The van der Waals surface area contributed by atoms with Crippen LogP contribution < -0.4 is 10.7 Å². The van der Waals surface area contributed by atoms with Gasteiger partial charge in [-0.15, -0.1) is 0 Å². The second kappa shape index (κ2) is 5.61. The highest BCUT2D eigenvalue weighted by Crippen LogP contribution is 2.28. The highest BCUT2D eigenvalue weighted by atomic mass is 32.2. The van der Waals surface area contributed by atoms with Gasteiger partial charge in [-0.2, -0.15) is 11.8 Å². The predicted molar refractivity (Wildman–Crippen MR) is 74.2 cm³/mol. The summed E-state index contributed by atoms with van der Waals surface area (Å²) in [5.41, 5.74) is 0.747. The molecule has 1 aliphatic carbocycles. The Bertz CT molecular complexity index is 498. The number of aromatic nitrogens is 1. The average Bonchev–Trinajstić information content (AvgIpc) is 2.76. The number of thioether (sulfide) groups is 1. The third kappa shape index (κ3) is 2.96. The lowest BCUT2D eigenvalue weighted by molar-refractivity contribution is 0.0936. The van der Waals surface area contributed by atoms with Crippen molar-refractivity contribution >= 4 is 17.7 Å². The molecule has 1 amide bonds. The first-order valence-corrected chi connectivity index (χ1v) is 7.42. The highest BCUT2D eigenvalue weighted by molar-refractivity contribution is 7.99. The molecule has 1 aliphatic rings. The van der Waals surface area contributed by atoms with Gasteiger partial charge in [0, 0.05) is 29.2 Å². The van der Waals surface area contributed by atoms with Gasteiger partial charge in [0.25, 0.3) is 5.91 Å². The summed E-state index contributed by atoms with van der Waals surface area (Å²) in [5.74, 6) is -0.261. The van der Waals surface area contributed by atoms with E-state index in [1.54, 1.807) is 6.92 Å². The van der Waals surface area contributed by atoms with E-state index in [1.807, 2.05) is 11.8 Å². The van der Waals surface area contributed by atoms with Gasteiger partial charge in [0.15, 0.2) is 5.43 Å². The maximum atomic E-state index is 12.0. The van der Waals surface area contributed by atoms with Gasteiger partial charge < -0.3 is 10.3 Å². The van der Waals surface area contributed by atoms with Gasteiger partial charge in [0.1, 0.15) is 5.56 Å². The number of aromatic amines is 1. The molecule has 0 bridgehead atoms. The van der Waals surface area contributed by atoms with Crippen molar-refractivity contribution in [2.75, 3.05) is 6.26 Å². The average molecular weight is 266 g/mol. The zero-order valence-corrected chi connectivity index (χ0v) is 11.5. The van der Waals surface area contributed by atoms with Gasteiger partial charge in [-0.05, 0) is 32.4 Å². The molecule has 98 valence electrons. The first kappa shape index (κ1) is 13.2. The van der Waals surface area contributed by atoms with Crippen molar-refractivity contribution in [1.82, 2.24) is 10.3 Å². The number of carbonyl (C=O) groups excluding carboxylic acids is 1. The van der Waals surface area contributed by atoms with E-state index in [-0.39, 0.29) is 22.9 Å². The van der Waals surface area contributed by atoms with E-state index in [4.69, 9.17) is 0 Å². The van der Waals surface area contributed by atoms with Crippen LogP contribution in [0.15, 0.2) is 17.1 Å². The summed E-state index contributed by atoms with van der Waals surface area (Å²) >= 11 is 1.84. The van der Waals surface area contributed by atoms with Crippen LogP contribution in [0.2, 0.25) is 0 Å². The molecule has 1 aromatic rings. The zero-order valence-electron chi connectivity index (χ0n) is 10.7. The van der Waals surface area contributed by atoms with E-state index in [1.165, 1.54) is 12.3 Å². The first-order chi connectivity index (χ1) is 8.60. The molecule has 5 heteroatoms. The van der Waals surface area contributed by atoms with Crippen LogP contribution in [0.25, 0.3) is 0 Å². The Morgan fingerprint density at radius 2 is 2.28 bits per heavy atom. The fourth-order valence-electron chi connectivity index (χ4n) is 2.30. The summed E-state index contributed by atoms with van der Waals surface area (Å²) in [5, 5.41) is 3.58. The van der Waals surface area contributed by atoms with Crippen molar-refractivity contribution in [3.63, 3.8) is 0 Å². The van der Waals surface area contributed by atoms with Gasteiger partial charge in [0.2, 0.25) is 0 Å². The summed E-state index contributed by atoms with van der Waals surface area (Å²) in [4.78, 5) is 26.6. The molecule has 1 fully saturated rings.